The van der Waals surface area contributed by atoms with Crippen LogP contribution in [0.2, 0.25) is 0 Å². The molecule has 3 N–H and O–H groups in total. The van der Waals surface area contributed by atoms with Crippen LogP contribution in [0.1, 0.15) is 85.6 Å². The highest BCUT2D eigenvalue weighted by molar-refractivity contribution is 7.85. The molecular formula is C27H46N6O3S. The highest BCUT2D eigenvalue weighted by Gasteiger charge is 2.49. The monoisotopic (exact) mass is 534 g/mol. The Morgan fingerprint density at radius 3 is 1.57 bits per heavy atom. The summed E-state index contributed by atoms with van der Waals surface area (Å²) in [6.07, 6.45) is 10.5. The molecule has 0 saturated heterocycles. The van der Waals surface area contributed by atoms with Crippen LogP contribution in [0.15, 0.2) is 49.4 Å². The molecule has 1 aromatic rings. The largest absolute Gasteiger partial charge is 0.294 e. The van der Waals surface area contributed by atoms with E-state index in [2.05, 4.69) is 52.2 Å². The minimum atomic E-state index is -4.02. The summed E-state index contributed by atoms with van der Waals surface area (Å²) in [6, 6.07) is 5.99. The van der Waals surface area contributed by atoms with Crippen molar-refractivity contribution in [3.8, 4) is 0 Å². The topological polar surface area (TPSA) is 128 Å². The second-order valence-corrected chi connectivity index (χ2v) is 12.3. The van der Waals surface area contributed by atoms with Crippen molar-refractivity contribution < 1.29 is 13.0 Å². The Balaban J connectivity index is 0.000000364. The van der Waals surface area contributed by atoms with Crippen LogP contribution in [-0.4, -0.2) is 60.9 Å². The first-order valence-electron chi connectivity index (χ1n) is 13.3. The first-order valence-corrected chi connectivity index (χ1v) is 14.7. The maximum Gasteiger partial charge on any atom is 0.294 e. The standard InChI is InChI=1S/C20H38N6.C7H8O3S/c1-7-9-11-19(21-13-14-22-19)17(3,4)25-26-18(5,6)20(12-10-8-2)23-15-16-24-20;1-6-2-4-7(5-3-6)11(8,9)10/h13,15,22,24H,7-12,14,16H2,1-6H3;2-5H,1H3,(H,8,9,10). The molecule has 0 saturated carbocycles. The fourth-order valence-corrected chi connectivity index (χ4v) is 5.06. The molecule has 2 aliphatic heterocycles. The van der Waals surface area contributed by atoms with Crippen LogP contribution in [0.4, 0.5) is 0 Å². The summed E-state index contributed by atoms with van der Waals surface area (Å²) in [4.78, 5) is 9.55. The van der Waals surface area contributed by atoms with Gasteiger partial charge in [0.05, 0.1) is 4.90 Å². The van der Waals surface area contributed by atoms with Crippen molar-refractivity contribution in [1.82, 2.24) is 10.6 Å². The molecule has 3 rings (SSSR count). The molecule has 0 fully saturated rings. The summed E-state index contributed by atoms with van der Waals surface area (Å²) < 4.78 is 29.6. The predicted molar refractivity (Wildman–Crippen MR) is 152 cm³/mol. The average Bonchev–Trinajstić information content (AvgIpc) is 3.52. The Morgan fingerprint density at radius 1 is 0.865 bits per heavy atom. The van der Waals surface area contributed by atoms with Gasteiger partial charge in [-0.1, -0.05) is 44.4 Å². The number of rotatable bonds is 11. The molecule has 208 valence electrons. The van der Waals surface area contributed by atoms with E-state index in [1.165, 1.54) is 12.1 Å². The molecule has 9 nitrogen and oxygen atoms in total. The molecule has 0 spiro atoms. The van der Waals surface area contributed by atoms with Gasteiger partial charge in [0.25, 0.3) is 10.1 Å². The Hall–Kier alpha value is -2.01. The van der Waals surface area contributed by atoms with Gasteiger partial charge >= 0.3 is 0 Å². The lowest BCUT2D eigenvalue weighted by molar-refractivity contribution is 0.169. The highest BCUT2D eigenvalue weighted by atomic mass is 32.2. The van der Waals surface area contributed by atoms with Gasteiger partial charge in [0, 0.05) is 25.5 Å². The van der Waals surface area contributed by atoms with Crippen molar-refractivity contribution in [2.24, 2.45) is 20.2 Å². The molecule has 0 radical (unpaired) electrons. The van der Waals surface area contributed by atoms with E-state index in [-0.39, 0.29) is 16.2 Å². The molecule has 10 heteroatoms. The Kier molecular flexibility index (Phi) is 10.7. The van der Waals surface area contributed by atoms with E-state index in [1.807, 2.05) is 19.4 Å². The third-order valence-corrected chi connectivity index (χ3v) is 8.14. The third kappa shape index (κ3) is 7.75. The molecule has 2 aliphatic rings. The number of azo groups is 1. The lowest BCUT2D eigenvalue weighted by Crippen LogP contribution is -2.57. The fraction of sp³-hybridized carbons (Fsp3) is 0.704. The number of aryl methyl sites for hydroxylation is 1. The summed E-state index contributed by atoms with van der Waals surface area (Å²) in [7, 11) is -4.02. The lowest BCUT2D eigenvalue weighted by Gasteiger charge is -2.42. The van der Waals surface area contributed by atoms with Crippen LogP contribution >= 0.6 is 0 Å². The van der Waals surface area contributed by atoms with Gasteiger partial charge in [0.1, 0.15) is 22.4 Å². The Bertz CT molecular complexity index is 1020. The first-order chi connectivity index (χ1) is 17.2. The molecule has 37 heavy (non-hydrogen) atoms. The SMILES string of the molecule is CCCCC1(C(C)(C)N=NC(C)(C)C2(CCCC)N=CCN2)N=CCN1.Cc1ccc(S(=O)(=O)O)cc1. The van der Waals surface area contributed by atoms with Gasteiger partial charge in [0.2, 0.25) is 0 Å². The normalized spacial score (nSPS) is 24.0. The molecule has 2 unspecified atom stereocenters. The van der Waals surface area contributed by atoms with Gasteiger partial charge < -0.3 is 0 Å². The van der Waals surface area contributed by atoms with Crippen LogP contribution < -0.4 is 10.6 Å². The van der Waals surface area contributed by atoms with Crippen molar-refractivity contribution in [2.45, 2.75) is 114 Å². The van der Waals surface area contributed by atoms with Gasteiger partial charge in [-0.25, -0.2) is 0 Å². The van der Waals surface area contributed by atoms with Gasteiger partial charge in [-0.3, -0.25) is 25.2 Å². The van der Waals surface area contributed by atoms with E-state index in [0.717, 1.165) is 57.2 Å². The van der Waals surface area contributed by atoms with Crippen molar-refractivity contribution in [1.29, 1.82) is 0 Å². The van der Waals surface area contributed by atoms with Gasteiger partial charge in [-0.2, -0.15) is 18.6 Å². The van der Waals surface area contributed by atoms with Gasteiger partial charge in [-0.05, 0) is 72.4 Å². The molecule has 2 heterocycles. The maximum atomic E-state index is 10.5. The number of aliphatic imine (C=N–C) groups is 2. The van der Waals surface area contributed by atoms with E-state index in [9.17, 15) is 8.42 Å². The number of benzene rings is 1. The zero-order chi connectivity index (χ0) is 27.8. The van der Waals surface area contributed by atoms with Crippen molar-refractivity contribution in [2.75, 3.05) is 13.1 Å². The lowest BCUT2D eigenvalue weighted by atomic mass is 9.83. The number of hydrogen-bond donors (Lipinski definition) is 3. The number of nitrogens with one attached hydrogen (secondary N) is 2. The summed E-state index contributed by atoms with van der Waals surface area (Å²) in [5, 5.41) is 16.9. The molecule has 2 atom stereocenters. The number of nitrogens with zero attached hydrogens (tertiary/aromatic N) is 4. The summed E-state index contributed by atoms with van der Waals surface area (Å²) >= 11 is 0. The van der Waals surface area contributed by atoms with Gasteiger partial charge in [-0.15, -0.1) is 0 Å². The van der Waals surface area contributed by atoms with Crippen LogP contribution in [0.25, 0.3) is 0 Å². The second-order valence-electron chi connectivity index (χ2n) is 10.9. The molecule has 0 aromatic heterocycles. The summed E-state index contributed by atoms with van der Waals surface area (Å²) in [5.41, 5.74) is -0.587. The van der Waals surface area contributed by atoms with Crippen LogP contribution in [0.5, 0.6) is 0 Å². The molecule has 1 aromatic carbocycles. The minimum Gasteiger partial charge on any atom is -0.286 e. The van der Waals surface area contributed by atoms with Crippen molar-refractivity contribution in [3.05, 3.63) is 29.8 Å². The Morgan fingerprint density at radius 2 is 1.27 bits per heavy atom. The van der Waals surface area contributed by atoms with Crippen LogP contribution in [-0.2, 0) is 10.1 Å². The highest BCUT2D eigenvalue weighted by Crippen LogP contribution is 2.38. The van der Waals surface area contributed by atoms with E-state index in [0.29, 0.717) is 0 Å². The van der Waals surface area contributed by atoms with E-state index in [1.54, 1.807) is 12.1 Å². The minimum absolute atomic E-state index is 0.0666. The van der Waals surface area contributed by atoms with E-state index in [4.69, 9.17) is 24.8 Å². The van der Waals surface area contributed by atoms with Crippen molar-refractivity contribution >= 4 is 22.5 Å². The fourth-order valence-electron chi connectivity index (χ4n) is 4.58. The molecule has 0 amide bonds. The number of unbranched alkanes of at least 4 members (excludes halogenated alkanes) is 2. The number of hydrogen-bond acceptors (Lipinski definition) is 8. The van der Waals surface area contributed by atoms with Crippen molar-refractivity contribution in [3.63, 3.8) is 0 Å². The quantitative estimate of drug-likeness (QED) is 0.260. The molecule has 0 aliphatic carbocycles. The van der Waals surface area contributed by atoms with Crippen LogP contribution in [0.3, 0.4) is 0 Å². The average molecular weight is 535 g/mol. The second kappa shape index (κ2) is 12.7. The predicted octanol–water partition coefficient (Wildman–Crippen LogP) is 5.36. The molecule has 0 bridgehead atoms. The van der Waals surface area contributed by atoms with E-state index >= 15 is 0 Å². The zero-order valence-electron chi connectivity index (χ0n) is 23.6. The van der Waals surface area contributed by atoms with Gasteiger partial charge in [0.15, 0.2) is 0 Å². The maximum absolute atomic E-state index is 10.5. The Labute approximate surface area is 223 Å². The third-order valence-electron chi connectivity index (χ3n) is 7.27. The van der Waals surface area contributed by atoms with Crippen LogP contribution in [0, 0.1) is 6.92 Å². The van der Waals surface area contributed by atoms with E-state index < -0.39 is 21.2 Å². The zero-order valence-corrected chi connectivity index (χ0v) is 24.4. The molecular weight excluding hydrogens is 488 g/mol. The first kappa shape index (κ1) is 31.2. The smallest absolute Gasteiger partial charge is 0.286 e. The summed E-state index contributed by atoms with van der Waals surface area (Å²) in [6.45, 7) is 16.4. The summed E-state index contributed by atoms with van der Waals surface area (Å²) in [5.74, 6) is 0.